The lowest BCUT2D eigenvalue weighted by atomic mass is 9.61. The highest BCUT2D eigenvalue weighted by Crippen LogP contribution is 2.47. The summed E-state index contributed by atoms with van der Waals surface area (Å²) in [5.41, 5.74) is 2.96. The molecule has 7 nitrogen and oxygen atoms in total. The summed E-state index contributed by atoms with van der Waals surface area (Å²) in [4.78, 5) is 43.6. The Morgan fingerprint density at radius 3 is 1.85 bits per heavy atom. The molecule has 40 heavy (non-hydrogen) atoms. The number of amides is 2. The highest BCUT2D eigenvalue weighted by Gasteiger charge is 2.56. The van der Waals surface area contributed by atoms with Gasteiger partial charge >= 0.3 is 0 Å². The first-order valence-corrected chi connectivity index (χ1v) is 13.9. The van der Waals surface area contributed by atoms with Crippen molar-refractivity contribution in [3.8, 4) is 0 Å². The molecule has 0 radical (unpaired) electrons. The van der Waals surface area contributed by atoms with Gasteiger partial charge in [0.25, 0.3) is 0 Å². The molecule has 0 heterocycles. The first kappa shape index (κ1) is 29.0. The number of aliphatic hydroxyl groups is 1. The second kappa shape index (κ2) is 12.0. The van der Waals surface area contributed by atoms with E-state index in [2.05, 4.69) is 29.4 Å². The predicted octanol–water partition coefficient (Wildman–Crippen LogP) is 5.47. The second-order valence-electron chi connectivity index (χ2n) is 10.9. The minimum atomic E-state index is -1.66. The number of anilines is 3. The first-order valence-electron chi connectivity index (χ1n) is 13.9. The van der Waals surface area contributed by atoms with Crippen molar-refractivity contribution in [1.82, 2.24) is 0 Å². The maximum Gasteiger partial charge on any atom is 0.235 e. The van der Waals surface area contributed by atoms with Gasteiger partial charge in [0.15, 0.2) is 0 Å². The predicted molar refractivity (Wildman–Crippen MR) is 160 cm³/mol. The number of rotatable bonds is 8. The summed E-state index contributed by atoms with van der Waals surface area (Å²) in [5, 5.41) is 17.5. The van der Waals surface area contributed by atoms with Gasteiger partial charge in [-0.1, -0.05) is 48.5 Å². The monoisotopic (exact) mass is 541 g/mol. The van der Waals surface area contributed by atoms with E-state index in [0.717, 1.165) is 29.9 Å². The van der Waals surface area contributed by atoms with Gasteiger partial charge in [-0.15, -0.1) is 0 Å². The van der Waals surface area contributed by atoms with Gasteiger partial charge in [0.05, 0.1) is 11.5 Å². The molecule has 3 N–H and O–H groups in total. The van der Waals surface area contributed by atoms with Crippen LogP contribution < -0.4 is 15.5 Å². The normalized spacial score (nSPS) is 22.4. The highest BCUT2D eigenvalue weighted by atomic mass is 16.3. The summed E-state index contributed by atoms with van der Waals surface area (Å²) in [7, 11) is 0. The maximum atomic E-state index is 14.0. The molecule has 0 aromatic heterocycles. The fraction of sp³-hybridized carbons (Fsp3) is 0.364. The van der Waals surface area contributed by atoms with Crippen LogP contribution in [0.5, 0.6) is 0 Å². The van der Waals surface area contributed by atoms with Crippen LogP contribution in [0.3, 0.4) is 0 Å². The molecule has 4 atom stereocenters. The summed E-state index contributed by atoms with van der Waals surface area (Å²) in [6, 6.07) is 22.4. The van der Waals surface area contributed by atoms with E-state index in [4.69, 9.17) is 0 Å². The summed E-state index contributed by atoms with van der Waals surface area (Å²) in [5.74, 6) is -4.41. The van der Waals surface area contributed by atoms with Crippen molar-refractivity contribution in [2.45, 2.75) is 52.6 Å². The molecule has 1 aliphatic rings. The molecule has 4 rings (SSSR count). The molecule has 210 valence electrons. The molecule has 3 aromatic rings. The van der Waals surface area contributed by atoms with Crippen LogP contribution in [-0.2, 0) is 14.4 Å². The molecule has 0 bridgehead atoms. The van der Waals surface area contributed by atoms with Crippen molar-refractivity contribution in [2.75, 3.05) is 28.6 Å². The van der Waals surface area contributed by atoms with Gasteiger partial charge in [0, 0.05) is 42.5 Å². The van der Waals surface area contributed by atoms with Crippen LogP contribution in [-0.4, -0.2) is 41.4 Å². The van der Waals surface area contributed by atoms with Gasteiger partial charge in [0.2, 0.25) is 11.8 Å². The lowest BCUT2D eigenvalue weighted by Crippen LogP contribution is -2.56. The Kier molecular flexibility index (Phi) is 8.74. The van der Waals surface area contributed by atoms with E-state index in [0.29, 0.717) is 16.9 Å². The molecule has 2 amide bonds. The van der Waals surface area contributed by atoms with E-state index in [1.165, 1.54) is 6.92 Å². The number of Topliss-reactive ketones (excluding diaryl/α,β-unsaturated/α-hetero) is 1. The maximum absolute atomic E-state index is 14.0. The Morgan fingerprint density at radius 1 is 0.850 bits per heavy atom. The van der Waals surface area contributed by atoms with E-state index in [9.17, 15) is 19.5 Å². The third-order valence-electron chi connectivity index (χ3n) is 8.04. The van der Waals surface area contributed by atoms with Crippen molar-refractivity contribution < 1.29 is 19.5 Å². The van der Waals surface area contributed by atoms with Crippen LogP contribution in [0.25, 0.3) is 0 Å². The van der Waals surface area contributed by atoms with E-state index in [1.807, 2.05) is 74.5 Å². The number of nitrogens with one attached hydrogen (secondary N) is 2. The van der Waals surface area contributed by atoms with Gasteiger partial charge in [-0.3, -0.25) is 14.4 Å². The third-order valence-corrected chi connectivity index (χ3v) is 8.04. The number of carbonyl (C=O) groups is 3. The molecule has 1 saturated carbocycles. The zero-order chi connectivity index (χ0) is 29.0. The van der Waals surface area contributed by atoms with Crippen LogP contribution in [0, 0.1) is 25.7 Å². The van der Waals surface area contributed by atoms with E-state index in [1.54, 1.807) is 12.1 Å². The summed E-state index contributed by atoms with van der Waals surface area (Å²) >= 11 is 0. The van der Waals surface area contributed by atoms with Crippen LogP contribution in [0.2, 0.25) is 0 Å². The van der Waals surface area contributed by atoms with Crippen LogP contribution in [0.15, 0.2) is 72.8 Å². The minimum absolute atomic E-state index is 0.307. The molecular formula is C33H39N3O4. The smallest absolute Gasteiger partial charge is 0.235 e. The van der Waals surface area contributed by atoms with E-state index < -0.39 is 41.0 Å². The quantitative estimate of drug-likeness (QED) is 0.329. The SMILES string of the molecule is CCN(CC)c1ccc(C2C(C(=O)Nc3ccccc3C)C(=O)CC(C)(O)C2C(=O)Nc2ccccc2C)cc1. The number of aryl methyl sites for hydroxylation is 2. The summed E-state index contributed by atoms with van der Waals surface area (Å²) in [6.45, 7) is 11.1. The largest absolute Gasteiger partial charge is 0.389 e. The Hall–Kier alpha value is -3.97. The fourth-order valence-electron chi connectivity index (χ4n) is 5.84. The van der Waals surface area contributed by atoms with Gasteiger partial charge in [-0.25, -0.2) is 0 Å². The number of hydrogen-bond donors (Lipinski definition) is 3. The van der Waals surface area contributed by atoms with Crippen molar-refractivity contribution in [3.05, 3.63) is 89.5 Å². The molecule has 1 aliphatic carbocycles. The highest BCUT2D eigenvalue weighted by molar-refractivity contribution is 6.10. The molecule has 1 fully saturated rings. The average molecular weight is 542 g/mol. The van der Waals surface area contributed by atoms with E-state index >= 15 is 0 Å². The fourth-order valence-corrected chi connectivity index (χ4v) is 5.84. The number of ketones is 1. The molecule has 0 saturated heterocycles. The Balaban J connectivity index is 1.80. The van der Waals surface area contributed by atoms with Gasteiger partial charge in [-0.05, 0) is 75.6 Å². The van der Waals surface area contributed by atoms with Crippen LogP contribution in [0.1, 0.15) is 49.8 Å². The lowest BCUT2D eigenvalue weighted by Gasteiger charge is -2.44. The van der Waals surface area contributed by atoms with Crippen molar-refractivity contribution in [1.29, 1.82) is 0 Å². The second-order valence-corrected chi connectivity index (χ2v) is 10.9. The lowest BCUT2D eigenvalue weighted by molar-refractivity contribution is -0.150. The summed E-state index contributed by atoms with van der Waals surface area (Å²) < 4.78 is 0. The molecule has 3 aromatic carbocycles. The number of nitrogens with zero attached hydrogens (tertiary/aromatic N) is 1. The van der Waals surface area contributed by atoms with Gasteiger partial charge in [-0.2, -0.15) is 0 Å². The first-order chi connectivity index (χ1) is 19.1. The number of para-hydroxylation sites is 2. The zero-order valence-electron chi connectivity index (χ0n) is 23.9. The number of benzene rings is 3. The van der Waals surface area contributed by atoms with Gasteiger partial charge in [0.1, 0.15) is 11.7 Å². The van der Waals surface area contributed by atoms with Crippen molar-refractivity contribution in [3.63, 3.8) is 0 Å². The Bertz CT molecular complexity index is 1380. The molecule has 0 aliphatic heterocycles. The average Bonchev–Trinajstić information content (AvgIpc) is 2.91. The van der Waals surface area contributed by atoms with Crippen LogP contribution >= 0.6 is 0 Å². The summed E-state index contributed by atoms with van der Waals surface area (Å²) in [6.07, 6.45) is -0.307. The number of carbonyl (C=O) groups excluding carboxylic acids is 3. The Labute approximate surface area is 236 Å². The van der Waals surface area contributed by atoms with Crippen molar-refractivity contribution >= 4 is 34.7 Å². The van der Waals surface area contributed by atoms with E-state index in [-0.39, 0.29) is 6.42 Å². The molecule has 7 heteroatoms. The standard InChI is InChI=1S/C33H39N3O4/c1-6-36(7-2)24-18-16-23(17-19-24)28-29(31(38)34-25-14-10-8-12-21(25)3)27(37)20-33(5,40)30(28)32(39)35-26-15-11-9-13-22(26)4/h8-19,28-30,40H,6-7,20H2,1-5H3,(H,34,38)(H,35,39). The van der Waals surface area contributed by atoms with Gasteiger partial charge < -0.3 is 20.6 Å². The molecular weight excluding hydrogens is 502 g/mol. The van der Waals surface area contributed by atoms with Crippen LogP contribution in [0.4, 0.5) is 17.1 Å². The van der Waals surface area contributed by atoms with Crippen molar-refractivity contribution in [2.24, 2.45) is 11.8 Å². The third kappa shape index (κ3) is 5.94. The number of hydrogen-bond acceptors (Lipinski definition) is 5. The molecule has 0 spiro atoms. The minimum Gasteiger partial charge on any atom is -0.389 e. The molecule has 4 unspecified atom stereocenters. The zero-order valence-corrected chi connectivity index (χ0v) is 23.9. The topological polar surface area (TPSA) is 98.7 Å². The Morgan fingerprint density at radius 2 is 1.35 bits per heavy atom.